The van der Waals surface area contributed by atoms with Crippen molar-refractivity contribution in [1.29, 1.82) is 0 Å². The molecule has 0 bridgehead atoms. The van der Waals surface area contributed by atoms with Crippen LogP contribution in [0.1, 0.15) is 12.5 Å². The Morgan fingerprint density at radius 3 is 2.84 bits per heavy atom. The number of nitrogens with zero attached hydrogens (tertiary/aromatic N) is 1. The summed E-state index contributed by atoms with van der Waals surface area (Å²) in [6, 6.07) is 8.45. The predicted molar refractivity (Wildman–Crippen MR) is 77.2 cm³/mol. The Morgan fingerprint density at radius 2 is 2.16 bits per heavy atom. The molecule has 1 N–H and O–H groups in total. The molecule has 0 saturated heterocycles. The lowest BCUT2D eigenvalue weighted by Crippen LogP contribution is -2.12. The maximum Gasteiger partial charge on any atom is 0.123 e. The molecule has 5 heteroatoms. The lowest BCUT2D eigenvalue weighted by molar-refractivity contribution is 0.619. The summed E-state index contributed by atoms with van der Waals surface area (Å²) in [5.41, 5.74) is 0.934. The summed E-state index contributed by atoms with van der Waals surface area (Å²) in [5.74, 6) is -0.221. The van der Waals surface area contributed by atoms with E-state index in [4.69, 9.17) is 11.6 Å². The summed E-state index contributed by atoms with van der Waals surface area (Å²) in [5, 5.41) is 4.65. The van der Waals surface area contributed by atoms with Gasteiger partial charge in [0.2, 0.25) is 0 Å². The van der Waals surface area contributed by atoms with Crippen molar-refractivity contribution < 1.29 is 4.39 Å². The molecule has 0 amide bonds. The highest BCUT2D eigenvalue weighted by Gasteiger charge is 2.06. The molecule has 0 spiro atoms. The third-order valence-electron chi connectivity index (χ3n) is 2.50. The van der Waals surface area contributed by atoms with E-state index in [-0.39, 0.29) is 5.82 Å². The predicted octanol–water partition coefficient (Wildman–Crippen LogP) is 4.13. The first-order valence-electron chi connectivity index (χ1n) is 5.97. The van der Waals surface area contributed by atoms with Crippen LogP contribution in [0.5, 0.6) is 0 Å². The second-order valence-corrected chi connectivity index (χ2v) is 5.45. The second kappa shape index (κ2) is 6.89. The van der Waals surface area contributed by atoms with E-state index in [0.717, 1.165) is 22.0 Å². The van der Waals surface area contributed by atoms with Crippen LogP contribution in [0.3, 0.4) is 0 Å². The van der Waals surface area contributed by atoms with Gasteiger partial charge >= 0.3 is 0 Å². The number of hydrogen-bond donors (Lipinski definition) is 1. The number of benzene rings is 1. The second-order valence-electron chi connectivity index (χ2n) is 3.95. The molecule has 19 heavy (non-hydrogen) atoms. The van der Waals surface area contributed by atoms with Gasteiger partial charge < -0.3 is 5.32 Å². The molecule has 1 aromatic carbocycles. The van der Waals surface area contributed by atoms with Crippen molar-refractivity contribution in [2.75, 3.05) is 6.54 Å². The molecule has 0 atom stereocenters. The number of pyridine rings is 1. The van der Waals surface area contributed by atoms with Gasteiger partial charge in [-0.05, 0) is 42.4 Å². The lowest BCUT2D eigenvalue weighted by Gasteiger charge is -2.09. The van der Waals surface area contributed by atoms with Crippen molar-refractivity contribution in [1.82, 2.24) is 10.3 Å². The Balaban J connectivity index is 2.20. The molecule has 0 aliphatic carbocycles. The van der Waals surface area contributed by atoms with Crippen molar-refractivity contribution in [2.24, 2.45) is 0 Å². The van der Waals surface area contributed by atoms with Gasteiger partial charge in [0.15, 0.2) is 0 Å². The molecule has 1 aromatic heterocycles. The quantitative estimate of drug-likeness (QED) is 0.898. The Kier molecular flexibility index (Phi) is 5.19. The molecular weight excluding hydrogens is 283 g/mol. The van der Waals surface area contributed by atoms with E-state index in [9.17, 15) is 4.39 Å². The fourth-order valence-electron chi connectivity index (χ4n) is 1.58. The summed E-state index contributed by atoms with van der Waals surface area (Å²) in [6.07, 6.45) is 1.61. The summed E-state index contributed by atoms with van der Waals surface area (Å²) in [4.78, 5) is 5.23. The first-order chi connectivity index (χ1) is 9.19. The Bertz CT molecular complexity index is 546. The van der Waals surface area contributed by atoms with Crippen LogP contribution >= 0.6 is 23.4 Å². The zero-order chi connectivity index (χ0) is 13.7. The molecule has 2 nitrogen and oxygen atoms in total. The summed E-state index contributed by atoms with van der Waals surface area (Å²) in [6.45, 7) is 3.51. The zero-order valence-corrected chi connectivity index (χ0v) is 12.1. The number of halogens is 2. The smallest absolute Gasteiger partial charge is 0.123 e. The molecule has 0 saturated carbocycles. The topological polar surface area (TPSA) is 24.9 Å². The first-order valence-corrected chi connectivity index (χ1v) is 7.17. The van der Waals surface area contributed by atoms with Crippen LogP contribution in [0.4, 0.5) is 4.39 Å². The molecule has 0 aliphatic heterocycles. The van der Waals surface area contributed by atoms with Gasteiger partial charge in [-0.15, -0.1) is 0 Å². The highest BCUT2D eigenvalue weighted by Crippen LogP contribution is 2.30. The van der Waals surface area contributed by atoms with E-state index in [2.05, 4.69) is 10.3 Å². The average molecular weight is 297 g/mol. The number of nitrogens with one attached hydrogen (secondary N) is 1. The molecule has 0 aliphatic rings. The normalized spacial score (nSPS) is 10.7. The highest BCUT2D eigenvalue weighted by atomic mass is 35.5. The molecule has 2 rings (SSSR count). The van der Waals surface area contributed by atoms with Crippen LogP contribution in [-0.4, -0.2) is 11.5 Å². The zero-order valence-electron chi connectivity index (χ0n) is 10.5. The standard InChI is InChI=1S/C14H14ClFN2S/c1-2-17-8-10-7-12(16)4-5-13(10)19-14-6-3-11(15)9-18-14/h3-7,9,17H,2,8H2,1H3. The molecule has 0 fully saturated rings. The van der Waals surface area contributed by atoms with Gasteiger partial charge in [0.25, 0.3) is 0 Å². The maximum atomic E-state index is 13.3. The Hall–Kier alpha value is -1.10. The van der Waals surface area contributed by atoms with Crippen LogP contribution in [0.15, 0.2) is 46.5 Å². The van der Waals surface area contributed by atoms with Crippen molar-refractivity contribution in [3.63, 3.8) is 0 Å². The minimum Gasteiger partial charge on any atom is -0.313 e. The van der Waals surface area contributed by atoms with Crippen LogP contribution < -0.4 is 5.32 Å². The van der Waals surface area contributed by atoms with Gasteiger partial charge in [0, 0.05) is 17.6 Å². The monoisotopic (exact) mass is 296 g/mol. The third-order valence-corrected chi connectivity index (χ3v) is 3.80. The first kappa shape index (κ1) is 14.3. The molecule has 100 valence electrons. The van der Waals surface area contributed by atoms with Crippen LogP contribution in [-0.2, 0) is 6.54 Å². The number of rotatable bonds is 5. The van der Waals surface area contributed by atoms with Gasteiger partial charge in [-0.1, -0.05) is 30.3 Å². The molecular formula is C14H14ClFN2S. The Morgan fingerprint density at radius 1 is 1.32 bits per heavy atom. The number of hydrogen-bond acceptors (Lipinski definition) is 3. The minimum absolute atomic E-state index is 0.221. The molecule has 1 heterocycles. The van der Waals surface area contributed by atoms with E-state index >= 15 is 0 Å². The third kappa shape index (κ3) is 4.20. The largest absolute Gasteiger partial charge is 0.313 e. The molecule has 0 radical (unpaired) electrons. The van der Waals surface area contributed by atoms with E-state index < -0.39 is 0 Å². The fraction of sp³-hybridized carbons (Fsp3) is 0.214. The molecule has 2 aromatic rings. The van der Waals surface area contributed by atoms with E-state index in [1.807, 2.05) is 13.0 Å². The summed E-state index contributed by atoms with van der Waals surface area (Å²) >= 11 is 7.31. The van der Waals surface area contributed by atoms with Crippen molar-refractivity contribution in [2.45, 2.75) is 23.4 Å². The van der Waals surface area contributed by atoms with Crippen LogP contribution in [0, 0.1) is 5.82 Å². The minimum atomic E-state index is -0.221. The van der Waals surface area contributed by atoms with Gasteiger partial charge in [-0.25, -0.2) is 9.37 Å². The molecule has 0 unspecified atom stereocenters. The van der Waals surface area contributed by atoms with Crippen LogP contribution in [0.2, 0.25) is 5.02 Å². The van der Waals surface area contributed by atoms with Gasteiger partial charge in [-0.2, -0.15) is 0 Å². The SMILES string of the molecule is CCNCc1cc(F)ccc1Sc1ccc(Cl)cn1. The van der Waals surface area contributed by atoms with Crippen molar-refractivity contribution in [3.8, 4) is 0 Å². The van der Waals surface area contributed by atoms with E-state index in [1.165, 1.54) is 17.8 Å². The summed E-state index contributed by atoms with van der Waals surface area (Å²) in [7, 11) is 0. The van der Waals surface area contributed by atoms with Crippen molar-refractivity contribution >= 4 is 23.4 Å². The van der Waals surface area contributed by atoms with Gasteiger partial charge in [0.1, 0.15) is 10.8 Å². The average Bonchev–Trinajstić information content (AvgIpc) is 2.41. The number of aromatic nitrogens is 1. The van der Waals surface area contributed by atoms with Crippen molar-refractivity contribution in [3.05, 3.63) is 52.9 Å². The highest BCUT2D eigenvalue weighted by molar-refractivity contribution is 7.99. The maximum absolute atomic E-state index is 13.3. The van der Waals surface area contributed by atoms with Crippen LogP contribution in [0.25, 0.3) is 0 Å². The van der Waals surface area contributed by atoms with E-state index in [1.54, 1.807) is 24.4 Å². The van der Waals surface area contributed by atoms with E-state index in [0.29, 0.717) is 11.6 Å². The Labute approximate surface area is 121 Å². The van der Waals surface area contributed by atoms with Gasteiger partial charge in [-0.3, -0.25) is 0 Å². The summed E-state index contributed by atoms with van der Waals surface area (Å²) < 4.78 is 13.3. The lowest BCUT2D eigenvalue weighted by atomic mass is 10.2. The van der Waals surface area contributed by atoms with Gasteiger partial charge in [0.05, 0.1) is 5.02 Å². The fourth-order valence-corrected chi connectivity index (χ4v) is 2.56.